The fourth-order valence-electron chi connectivity index (χ4n) is 1.14. The largest absolute Gasteiger partial charge is 0.395 e. The van der Waals surface area contributed by atoms with Crippen molar-refractivity contribution in [2.24, 2.45) is 0 Å². The summed E-state index contributed by atoms with van der Waals surface area (Å²) in [5.41, 5.74) is 0. The second-order valence-corrected chi connectivity index (χ2v) is 10.1. The minimum atomic E-state index is -2.13. The van der Waals surface area contributed by atoms with Crippen LogP contribution < -0.4 is 0 Å². The molecule has 2 nitrogen and oxygen atoms in total. The average molecular weight is 308 g/mol. The van der Waals surface area contributed by atoms with Crippen molar-refractivity contribution in [3.05, 3.63) is 0 Å². The van der Waals surface area contributed by atoms with Crippen LogP contribution in [0.1, 0.15) is 32.6 Å². The Balaban J connectivity index is 3.62. The van der Waals surface area contributed by atoms with E-state index in [1.807, 2.05) is 13.1 Å². The van der Waals surface area contributed by atoms with E-state index in [0.717, 1.165) is 13.0 Å². The van der Waals surface area contributed by atoms with Gasteiger partial charge in [-0.3, -0.25) is 0 Å². The predicted octanol–water partition coefficient (Wildman–Crippen LogP) is 4.67. The van der Waals surface area contributed by atoms with Crippen LogP contribution in [0.2, 0.25) is 13.1 Å². The Hall–Kier alpha value is 1.01. The maximum atomic E-state index is 5.71. The van der Waals surface area contributed by atoms with Gasteiger partial charge in [0.1, 0.15) is 0 Å². The van der Waals surface area contributed by atoms with Crippen molar-refractivity contribution in [3.8, 4) is 0 Å². The Morgan fingerprint density at radius 2 is 1.62 bits per heavy atom. The Bertz CT molecular complexity index is 183. The lowest BCUT2D eigenvalue weighted by molar-refractivity contribution is 0.178. The molecule has 0 rings (SSSR count). The molecule has 16 heavy (non-hydrogen) atoms. The maximum Gasteiger partial charge on any atom is 0.331 e. The van der Waals surface area contributed by atoms with Gasteiger partial charge < -0.3 is 8.85 Å². The molecule has 6 heteroatoms. The van der Waals surface area contributed by atoms with Crippen LogP contribution in [0, 0.1) is 0 Å². The molecule has 98 valence electrons. The first kappa shape index (κ1) is 17.0. The first-order valence-corrected chi connectivity index (χ1v) is 9.56. The van der Waals surface area contributed by atoms with E-state index in [1.165, 1.54) is 19.3 Å². The van der Waals surface area contributed by atoms with E-state index in [1.54, 1.807) is 0 Å². The van der Waals surface area contributed by atoms with E-state index in [9.17, 15) is 0 Å². The van der Waals surface area contributed by atoms with Crippen molar-refractivity contribution in [2.45, 2.75) is 49.5 Å². The molecule has 0 saturated heterocycles. The van der Waals surface area contributed by atoms with Crippen molar-refractivity contribution < 1.29 is 8.85 Å². The standard InChI is InChI=1S/C10H21Cl3O2Si/c1-4-5-6-7-8-14-16(2,3)15-9-10(11,12)13/h4-9H2,1-3H3. The molecule has 0 spiro atoms. The zero-order chi connectivity index (χ0) is 12.7. The molecule has 0 aromatic heterocycles. The van der Waals surface area contributed by atoms with E-state index in [-0.39, 0.29) is 6.61 Å². The molecule has 0 aromatic rings. The molecular formula is C10H21Cl3O2Si. The third kappa shape index (κ3) is 11.5. The molecular weight excluding hydrogens is 287 g/mol. The second-order valence-electron chi connectivity index (χ2n) is 4.21. The van der Waals surface area contributed by atoms with Gasteiger partial charge in [0.15, 0.2) is 0 Å². The van der Waals surface area contributed by atoms with Gasteiger partial charge in [-0.2, -0.15) is 0 Å². The Morgan fingerprint density at radius 3 is 2.12 bits per heavy atom. The summed E-state index contributed by atoms with van der Waals surface area (Å²) in [6, 6.07) is 0. The second kappa shape index (κ2) is 8.17. The molecule has 0 unspecified atom stereocenters. The van der Waals surface area contributed by atoms with Crippen molar-refractivity contribution in [1.82, 2.24) is 0 Å². The molecule has 0 amide bonds. The smallest absolute Gasteiger partial charge is 0.331 e. The molecule has 0 aromatic carbocycles. The molecule has 0 radical (unpaired) electrons. The summed E-state index contributed by atoms with van der Waals surface area (Å²) in [4.78, 5) is 0. The van der Waals surface area contributed by atoms with Crippen LogP contribution in [0.3, 0.4) is 0 Å². The monoisotopic (exact) mass is 306 g/mol. The molecule has 0 saturated carbocycles. The lowest BCUT2D eigenvalue weighted by atomic mass is 10.2. The van der Waals surface area contributed by atoms with Crippen LogP contribution in [0.4, 0.5) is 0 Å². The van der Waals surface area contributed by atoms with Gasteiger partial charge in [-0.1, -0.05) is 61.0 Å². The summed E-state index contributed by atoms with van der Waals surface area (Å²) in [5, 5.41) is 0. The van der Waals surface area contributed by atoms with E-state index in [4.69, 9.17) is 43.7 Å². The van der Waals surface area contributed by atoms with Gasteiger partial charge in [0.25, 0.3) is 0 Å². The van der Waals surface area contributed by atoms with Crippen LogP contribution in [-0.2, 0) is 8.85 Å². The molecule has 0 N–H and O–H groups in total. The highest BCUT2D eigenvalue weighted by molar-refractivity contribution is 6.68. The molecule has 0 aliphatic carbocycles. The number of unbranched alkanes of at least 4 members (excludes halogenated alkanes) is 3. The van der Waals surface area contributed by atoms with Crippen LogP contribution in [-0.4, -0.2) is 25.6 Å². The fourth-order valence-corrected chi connectivity index (χ4v) is 2.87. The third-order valence-corrected chi connectivity index (χ3v) is 4.10. The van der Waals surface area contributed by atoms with Crippen LogP contribution in [0.15, 0.2) is 0 Å². The van der Waals surface area contributed by atoms with E-state index < -0.39 is 12.4 Å². The summed E-state index contributed by atoms with van der Waals surface area (Å²) in [6.45, 7) is 6.93. The van der Waals surface area contributed by atoms with Crippen LogP contribution in [0.5, 0.6) is 0 Å². The van der Waals surface area contributed by atoms with Crippen molar-refractivity contribution >= 4 is 43.4 Å². The van der Waals surface area contributed by atoms with E-state index in [0.29, 0.717) is 0 Å². The minimum absolute atomic E-state index is 0.0891. The van der Waals surface area contributed by atoms with Gasteiger partial charge in [0.2, 0.25) is 3.79 Å². The number of rotatable bonds is 8. The maximum absolute atomic E-state index is 5.71. The highest BCUT2D eigenvalue weighted by Crippen LogP contribution is 2.27. The molecule has 0 heterocycles. The lowest BCUT2D eigenvalue weighted by Crippen LogP contribution is -2.38. The normalized spacial score (nSPS) is 13.1. The third-order valence-electron chi connectivity index (χ3n) is 2.03. The summed E-state index contributed by atoms with van der Waals surface area (Å²) in [6.07, 6.45) is 4.75. The highest BCUT2D eigenvalue weighted by atomic mass is 35.6. The van der Waals surface area contributed by atoms with Gasteiger partial charge in [-0.25, -0.2) is 0 Å². The Morgan fingerprint density at radius 1 is 1.00 bits per heavy atom. The zero-order valence-electron chi connectivity index (χ0n) is 10.2. The number of hydrogen-bond acceptors (Lipinski definition) is 2. The van der Waals surface area contributed by atoms with Crippen LogP contribution >= 0.6 is 34.8 Å². The average Bonchev–Trinajstić information content (AvgIpc) is 2.14. The van der Waals surface area contributed by atoms with Crippen molar-refractivity contribution in [1.29, 1.82) is 0 Å². The van der Waals surface area contributed by atoms with Crippen molar-refractivity contribution in [2.75, 3.05) is 13.2 Å². The number of halogens is 3. The Kier molecular flexibility index (Phi) is 8.68. The molecule has 0 atom stereocenters. The van der Waals surface area contributed by atoms with Crippen molar-refractivity contribution in [3.63, 3.8) is 0 Å². The number of hydrogen-bond donors (Lipinski definition) is 0. The van der Waals surface area contributed by atoms with E-state index in [2.05, 4.69) is 6.92 Å². The van der Waals surface area contributed by atoms with Gasteiger partial charge in [-0.05, 0) is 19.5 Å². The fraction of sp³-hybridized carbons (Fsp3) is 1.00. The first-order chi connectivity index (χ1) is 7.27. The van der Waals surface area contributed by atoms with Gasteiger partial charge in [0.05, 0.1) is 6.61 Å². The zero-order valence-corrected chi connectivity index (χ0v) is 13.5. The van der Waals surface area contributed by atoms with Gasteiger partial charge >= 0.3 is 8.56 Å². The topological polar surface area (TPSA) is 18.5 Å². The van der Waals surface area contributed by atoms with Crippen LogP contribution in [0.25, 0.3) is 0 Å². The SMILES string of the molecule is CCCCCCO[Si](C)(C)OCC(Cl)(Cl)Cl. The first-order valence-electron chi connectivity index (χ1n) is 5.61. The van der Waals surface area contributed by atoms with Gasteiger partial charge in [0, 0.05) is 6.61 Å². The molecule has 0 aliphatic heterocycles. The van der Waals surface area contributed by atoms with Gasteiger partial charge in [-0.15, -0.1) is 0 Å². The minimum Gasteiger partial charge on any atom is -0.395 e. The Labute approximate surface area is 115 Å². The molecule has 0 bridgehead atoms. The lowest BCUT2D eigenvalue weighted by Gasteiger charge is -2.25. The summed E-state index contributed by atoms with van der Waals surface area (Å²) < 4.78 is 9.88. The van der Waals surface area contributed by atoms with E-state index >= 15 is 0 Å². The predicted molar refractivity (Wildman–Crippen MR) is 73.8 cm³/mol. The summed E-state index contributed by atoms with van der Waals surface area (Å²) in [5.74, 6) is 0. The molecule has 0 fully saturated rings. The number of alkyl halides is 3. The summed E-state index contributed by atoms with van der Waals surface area (Å²) >= 11 is 16.8. The molecule has 0 aliphatic rings. The quantitative estimate of drug-likeness (QED) is 0.368. The highest BCUT2D eigenvalue weighted by Gasteiger charge is 2.29. The summed E-state index contributed by atoms with van der Waals surface area (Å²) in [7, 11) is -2.13.